The summed E-state index contributed by atoms with van der Waals surface area (Å²) in [7, 11) is 0. The fourth-order valence-electron chi connectivity index (χ4n) is 2.53. The highest BCUT2D eigenvalue weighted by atomic mass is 16.4. The smallest absolute Gasteiger partial charge is 0.336 e. The molecule has 0 fully saturated rings. The fourth-order valence-corrected chi connectivity index (χ4v) is 2.53. The maximum Gasteiger partial charge on any atom is 0.336 e. The number of nitrogen functional groups attached to an aromatic ring is 1. The molecule has 0 saturated heterocycles. The minimum absolute atomic E-state index is 0.00910. The molecule has 1 aliphatic heterocycles. The predicted molar refractivity (Wildman–Crippen MR) is 79.9 cm³/mol. The number of carbonyl (C=O) groups is 3. The molecule has 0 radical (unpaired) electrons. The number of carbonyl (C=O) groups excluding carboxylic acids is 2. The Labute approximate surface area is 129 Å². The lowest BCUT2D eigenvalue weighted by molar-refractivity contribution is 0.0695. The molecular weight excluding hydrogens is 302 g/mol. The number of nitrogens with one attached hydrogen (secondary N) is 1. The first kappa shape index (κ1) is 14.5. The van der Waals surface area contributed by atoms with Crippen molar-refractivity contribution in [1.82, 2.24) is 9.88 Å². The summed E-state index contributed by atoms with van der Waals surface area (Å²) in [5.74, 6) is -2.74. The number of nitrogens with two attached hydrogens (primary N) is 1. The molecule has 8 nitrogen and oxygen atoms in total. The Morgan fingerprint density at radius 3 is 2.52 bits per heavy atom. The van der Waals surface area contributed by atoms with E-state index in [0.717, 1.165) is 10.6 Å². The molecule has 0 atom stereocenters. The molecule has 1 aromatic heterocycles. The van der Waals surface area contributed by atoms with Crippen molar-refractivity contribution < 1.29 is 19.5 Å². The summed E-state index contributed by atoms with van der Waals surface area (Å²) < 4.78 is 1.00. The topological polar surface area (TPSA) is 131 Å². The average molecular weight is 313 g/mol. The highest BCUT2D eigenvalue weighted by Gasteiger charge is 2.31. The number of hydrogen-bond donors (Lipinski definition) is 3. The number of nitrogens with zero attached hydrogens (tertiary/aromatic N) is 1. The Morgan fingerprint density at radius 2 is 1.87 bits per heavy atom. The van der Waals surface area contributed by atoms with Crippen molar-refractivity contribution in [2.24, 2.45) is 0 Å². The van der Waals surface area contributed by atoms with Crippen LogP contribution in [0.15, 0.2) is 29.1 Å². The summed E-state index contributed by atoms with van der Waals surface area (Å²) in [4.78, 5) is 46.9. The molecule has 0 bridgehead atoms. The van der Waals surface area contributed by atoms with Crippen LogP contribution in [0.2, 0.25) is 0 Å². The highest BCUT2D eigenvalue weighted by Crippen LogP contribution is 2.23. The maximum absolute atomic E-state index is 12.3. The van der Waals surface area contributed by atoms with E-state index in [4.69, 9.17) is 5.73 Å². The Balaban J connectivity index is 2.31. The molecule has 2 heterocycles. The minimum Gasteiger partial charge on any atom is -0.478 e. The van der Waals surface area contributed by atoms with E-state index in [2.05, 4.69) is 5.32 Å². The summed E-state index contributed by atoms with van der Waals surface area (Å²) in [5, 5.41) is 11.2. The van der Waals surface area contributed by atoms with Crippen LogP contribution in [0.25, 0.3) is 5.69 Å². The van der Waals surface area contributed by atoms with Crippen molar-refractivity contribution in [2.75, 3.05) is 5.73 Å². The van der Waals surface area contributed by atoms with Gasteiger partial charge in [-0.2, -0.15) is 0 Å². The fraction of sp³-hybridized carbons (Fsp3) is 0.0667. The van der Waals surface area contributed by atoms with E-state index in [-0.39, 0.29) is 28.2 Å². The molecule has 0 saturated carbocycles. The van der Waals surface area contributed by atoms with Gasteiger partial charge in [0.2, 0.25) is 0 Å². The lowest BCUT2D eigenvalue weighted by Crippen LogP contribution is -2.24. The number of benzene rings is 1. The molecule has 3 rings (SSSR count). The molecular formula is C15H11N3O5. The molecule has 8 heteroatoms. The third-order valence-corrected chi connectivity index (χ3v) is 3.66. The van der Waals surface area contributed by atoms with Crippen LogP contribution in [0.3, 0.4) is 0 Å². The van der Waals surface area contributed by atoms with E-state index in [9.17, 15) is 24.3 Å². The third kappa shape index (κ3) is 2.08. The van der Waals surface area contributed by atoms with Gasteiger partial charge < -0.3 is 10.8 Å². The zero-order valence-electron chi connectivity index (χ0n) is 11.9. The van der Waals surface area contributed by atoms with Crippen LogP contribution in [0.1, 0.15) is 36.6 Å². The first-order valence-corrected chi connectivity index (χ1v) is 6.56. The molecule has 0 aliphatic carbocycles. The summed E-state index contributed by atoms with van der Waals surface area (Å²) in [5.41, 5.74) is 5.80. The zero-order chi connectivity index (χ0) is 16.9. The van der Waals surface area contributed by atoms with Gasteiger partial charge in [0.25, 0.3) is 17.4 Å². The van der Waals surface area contributed by atoms with Gasteiger partial charge in [-0.1, -0.05) is 6.07 Å². The van der Waals surface area contributed by atoms with E-state index in [1.165, 1.54) is 18.2 Å². The molecule has 23 heavy (non-hydrogen) atoms. The third-order valence-electron chi connectivity index (χ3n) is 3.66. The van der Waals surface area contributed by atoms with Crippen molar-refractivity contribution in [2.45, 2.75) is 6.92 Å². The van der Waals surface area contributed by atoms with Crippen LogP contribution < -0.4 is 16.6 Å². The summed E-state index contributed by atoms with van der Waals surface area (Å²) in [6.07, 6.45) is 0. The number of carboxylic acid groups (broad SMARTS) is 1. The molecule has 4 N–H and O–H groups in total. The number of pyridine rings is 1. The first-order valence-electron chi connectivity index (χ1n) is 6.56. The van der Waals surface area contributed by atoms with Crippen LogP contribution in [0, 0.1) is 6.92 Å². The number of anilines is 1. The second kappa shape index (κ2) is 4.80. The zero-order valence-corrected chi connectivity index (χ0v) is 11.9. The molecule has 2 aromatic rings. The molecule has 2 amide bonds. The van der Waals surface area contributed by atoms with Crippen LogP contribution in [0.4, 0.5) is 5.82 Å². The number of fused-ring (bicyclic) bond motifs is 1. The van der Waals surface area contributed by atoms with Gasteiger partial charge >= 0.3 is 5.97 Å². The van der Waals surface area contributed by atoms with E-state index in [1.54, 1.807) is 6.92 Å². The molecule has 0 spiro atoms. The van der Waals surface area contributed by atoms with Gasteiger partial charge in [-0.3, -0.25) is 24.3 Å². The number of imide groups is 1. The number of aryl methyl sites for hydroxylation is 1. The van der Waals surface area contributed by atoms with Gasteiger partial charge in [-0.15, -0.1) is 0 Å². The normalized spacial score (nSPS) is 12.9. The number of aromatic carboxylic acids is 1. The summed E-state index contributed by atoms with van der Waals surface area (Å²) in [6, 6.07) is 5.34. The van der Waals surface area contributed by atoms with Gasteiger partial charge in [0.1, 0.15) is 5.82 Å². The monoisotopic (exact) mass is 313 g/mol. The molecule has 116 valence electrons. The maximum atomic E-state index is 12.3. The van der Waals surface area contributed by atoms with Gasteiger partial charge in [-0.05, 0) is 24.6 Å². The lowest BCUT2D eigenvalue weighted by atomic mass is 10.1. The summed E-state index contributed by atoms with van der Waals surface area (Å²) in [6.45, 7) is 1.62. The van der Waals surface area contributed by atoms with Gasteiger partial charge in [0.05, 0.1) is 22.4 Å². The Morgan fingerprint density at radius 1 is 1.17 bits per heavy atom. The molecule has 1 aromatic carbocycles. The van der Waals surface area contributed by atoms with E-state index < -0.39 is 23.3 Å². The minimum atomic E-state index is -1.15. The van der Waals surface area contributed by atoms with Crippen molar-refractivity contribution in [3.05, 3.63) is 56.9 Å². The number of aromatic nitrogens is 1. The molecule has 0 unspecified atom stereocenters. The van der Waals surface area contributed by atoms with Gasteiger partial charge in [-0.25, -0.2) is 4.79 Å². The average Bonchev–Trinajstić information content (AvgIpc) is 2.75. The van der Waals surface area contributed by atoms with Crippen molar-refractivity contribution >= 4 is 23.6 Å². The van der Waals surface area contributed by atoms with Crippen LogP contribution in [-0.2, 0) is 0 Å². The second-order valence-corrected chi connectivity index (χ2v) is 5.08. The van der Waals surface area contributed by atoms with Crippen molar-refractivity contribution in [3.8, 4) is 5.69 Å². The van der Waals surface area contributed by atoms with E-state index >= 15 is 0 Å². The SMILES string of the molecule is Cc1ccc(-n2c(N)c3c(cc2=O)C(=O)NC3=O)cc1C(=O)O. The largest absolute Gasteiger partial charge is 0.478 e. The van der Waals surface area contributed by atoms with Crippen molar-refractivity contribution in [3.63, 3.8) is 0 Å². The molecule has 1 aliphatic rings. The Kier molecular flexibility index (Phi) is 3.03. The van der Waals surface area contributed by atoms with Crippen LogP contribution in [0.5, 0.6) is 0 Å². The van der Waals surface area contributed by atoms with Crippen molar-refractivity contribution in [1.29, 1.82) is 0 Å². The number of amides is 2. The van der Waals surface area contributed by atoms with Gasteiger partial charge in [0.15, 0.2) is 0 Å². The van der Waals surface area contributed by atoms with E-state index in [0.29, 0.717) is 5.56 Å². The number of carboxylic acids is 1. The Hall–Kier alpha value is -3.42. The second-order valence-electron chi connectivity index (χ2n) is 5.08. The standard InChI is InChI=1S/C15H11N3O5/c1-6-2-3-7(4-8(6)15(22)23)18-10(19)5-9-11(12(18)16)14(21)17-13(9)20/h2-5H,16H2,1H3,(H,22,23)(H,17,20,21). The number of rotatable bonds is 2. The highest BCUT2D eigenvalue weighted by molar-refractivity contribution is 6.23. The first-order chi connectivity index (χ1) is 10.8. The number of hydrogen-bond acceptors (Lipinski definition) is 5. The van der Waals surface area contributed by atoms with Gasteiger partial charge in [0, 0.05) is 6.07 Å². The van der Waals surface area contributed by atoms with E-state index in [1.807, 2.05) is 0 Å². The quantitative estimate of drug-likeness (QED) is 0.684. The predicted octanol–water partition coefficient (Wildman–Crippen LogP) is 0.310. The summed E-state index contributed by atoms with van der Waals surface area (Å²) >= 11 is 0. The lowest BCUT2D eigenvalue weighted by Gasteiger charge is -2.13. The van der Waals surface area contributed by atoms with Crippen LogP contribution >= 0.6 is 0 Å². The van der Waals surface area contributed by atoms with Crippen LogP contribution in [-0.4, -0.2) is 27.5 Å². The Bertz CT molecular complexity index is 958.